The van der Waals surface area contributed by atoms with Crippen LogP contribution >= 0.6 is 0 Å². The van der Waals surface area contributed by atoms with Gasteiger partial charge >= 0.3 is 0 Å². The molecule has 0 aliphatic carbocycles. The highest BCUT2D eigenvalue weighted by Gasteiger charge is 2.55. The number of hydrogen-bond donors (Lipinski definition) is 2. The van der Waals surface area contributed by atoms with Crippen LogP contribution in [0.25, 0.3) is 0 Å². The number of rotatable bonds is 7. The average molecular weight is 809 g/mol. The minimum atomic E-state index is -1.21. The topological polar surface area (TPSA) is 126 Å². The van der Waals surface area contributed by atoms with Crippen LogP contribution in [0.15, 0.2) is 146 Å². The Kier molecular flexibility index (Phi) is 12.0. The predicted molar refractivity (Wildman–Crippen MR) is 242 cm³/mol. The lowest BCUT2D eigenvalue weighted by Crippen LogP contribution is -2.42. The van der Waals surface area contributed by atoms with Crippen LogP contribution in [0.2, 0.25) is 0 Å². The Balaban J connectivity index is 0.000000204. The van der Waals surface area contributed by atoms with Crippen LogP contribution in [0.3, 0.4) is 0 Å². The molecule has 8 nitrogen and oxygen atoms in total. The summed E-state index contributed by atoms with van der Waals surface area (Å²) >= 11 is 0. The van der Waals surface area contributed by atoms with Crippen LogP contribution in [0.5, 0.6) is 11.5 Å². The number of nitriles is 2. The summed E-state index contributed by atoms with van der Waals surface area (Å²) in [5.74, 6) is 0.259. The lowest BCUT2D eigenvalue weighted by atomic mass is 9.68. The number of phenols is 1. The number of nitrogens with one attached hydrogen (secondary N) is 1. The molecule has 61 heavy (non-hydrogen) atoms. The molecule has 8 rings (SSSR count). The maximum atomic E-state index is 14.3. The maximum absolute atomic E-state index is 14.3. The molecule has 2 amide bonds. The van der Waals surface area contributed by atoms with E-state index in [0.717, 1.165) is 39.1 Å². The molecule has 0 saturated heterocycles. The Morgan fingerprint density at radius 1 is 0.623 bits per heavy atom. The normalized spacial score (nSPS) is 17.7. The van der Waals surface area contributed by atoms with Crippen molar-refractivity contribution in [3.05, 3.63) is 190 Å². The molecule has 0 radical (unpaired) electrons. The zero-order chi connectivity index (χ0) is 42.9. The number of fused-ring (bicyclic) bond motifs is 2. The van der Waals surface area contributed by atoms with Gasteiger partial charge in [-0.05, 0) is 69.5 Å². The zero-order valence-electron chi connectivity index (χ0n) is 34.8. The Morgan fingerprint density at radius 2 is 1.15 bits per heavy atom. The van der Waals surface area contributed by atoms with Crippen LogP contribution in [0.1, 0.15) is 93.5 Å². The van der Waals surface area contributed by atoms with Gasteiger partial charge < -0.3 is 15.2 Å². The standard InChI is InChI=1S/C28H25N3O2.C24H23NO2.CH4/c1-27(2,3)21-13-14-25(33-18-16-30)23(19-21)28(20-9-5-4-6-10-20)22-11-7-8-12-24(22)31(17-15-29)26(28)32;1-23(2,3)17-13-14-21(26)19(15-17)24(16-9-5-4-6-10-16)18-11-7-8-12-20(18)25-22(24)27;/h4-14,19H,17-18H2,1-3H3;4-15,26H,1-3H3,(H,25,27);1H4. The fraction of sp³-hybridized carbons (Fsp3) is 0.245. The van der Waals surface area contributed by atoms with Gasteiger partial charge in [-0.3, -0.25) is 14.5 Å². The molecule has 0 fully saturated rings. The Labute approximate surface area is 359 Å². The van der Waals surface area contributed by atoms with Gasteiger partial charge in [0.05, 0.1) is 6.07 Å². The zero-order valence-corrected chi connectivity index (χ0v) is 34.8. The molecule has 2 atom stereocenters. The van der Waals surface area contributed by atoms with E-state index in [9.17, 15) is 25.2 Å². The minimum Gasteiger partial charge on any atom is -0.508 e. The second kappa shape index (κ2) is 16.8. The van der Waals surface area contributed by atoms with Crippen molar-refractivity contribution in [1.29, 1.82) is 10.5 Å². The van der Waals surface area contributed by atoms with E-state index in [-0.39, 0.29) is 49.0 Å². The SMILES string of the molecule is C.CC(C)(C)c1ccc(O)c(C2(c3ccccc3)C(=O)Nc3ccccc32)c1.CC(C)(C)c1ccc(OCC#N)c(C2(c3ccccc3)C(=O)N(CC#N)c3ccccc32)c1. The van der Waals surface area contributed by atoms with Gasteiger partial charge in [0.1, 0.15) is 34.9 Å². The van der Waals surface area contributed by atoms with E-state index in [1.807, 2.05) is 146 Å². The molecule has 2 N–H and O–H groups in total. The molecule has 2 aliphatic rings. The minimum absolute atomic E-state index is 0. The van der Waals surface area contributed by atoms with E-state index in [4.69, 9.17) is 4.74 Å². The smallest absolute Gasteiger partial charge is 0.247 e. The van der Waals surface area contributed by atoms with Gasteiger partial charge in [0.25, 0.3) is 0 Å². The molecule has 0 bridgehead atoms. The molecule has 0 spiro atoms. The maximum Gasteiger partial charge on any atom is 0.247 e. The number of hydrogen-bond acceptors (Lipinski definition) is 6. The monoisotopic (exact) mass is 808 g/mol. The number of anilines is 2. The fourth-order valence-corrected chi connectivity index (χ4v) is 8.55. The number of benzene rings is 6. The lowest BCUT2D eigenvalue weighted by Gasteiger charge is -2.33. The summed E-state index contributed by atoms with van der Waals surface area (Å²) in [6, 6.07) is 50.2. The fourth-order valence-electron chi connectivity index (χ4n) is 8.55. The lowest BCUT2D eigenvalue weighted by molar-refractivity contribution is -0.120. The number of phenolic OH excluding ortho intramolecular Hbond substituents is 1. The largest absolute Gasteiger partial charge is 0.508 e. The Hall–Kier alpha value is -7.16. The highest BCUT2D eigenvalue weighted by molar-refractivity contribution is 6.14. The molecule has 6 aromatic rings. The van der Waals surface area contributed by atoms with Crippen LogP contribution in [-0.2, 0) is 31.2 Å². The van der Waals surface area contributed by atoms with Gasteiger partial charge in [-0.25, -0.2) is 0 Å². The first-order valence-electron chi connectivity index (χ1n) is 20.0. The van der Waals surface area contributed by atoms with Crippen molar-refractivity contribution < 1.29 is 19.4 Å². The van der Waals surface area contributed by atoms with Crippen molar-refractivity contribution in [2.45, 2.75) is 70.6 Å². The van der Waals surface area contributed by atoms with Gasteiger partial charge in [-0.15, -0.1) is 0 Å². The predicted octanol–water partition coefficient (Wildman–Crippen LogP) is 10.7. The number of carbonyl (C=O) groups excluding carboxylic acids is 2. The molecule has 2 unspecified atom stereocenters. The van der Waals surface area contributed by atoms with E-state index in [1.54, 1.807) is 11.0 Å². The molecule has 6 aromatic carbocycles. The molecular weight excluding hydrogens is 757 g/mol. The van der Waals surface area contributed by atoms with Gasteiger partial charge in [0.15, 0.2) is 6.61 Å². The molecule has 2 heterocycles. The summed E-state index contributed by atoms with van der Waals surface area (Å²) in [6.07, 6.45) is 0. The van der Waals surface area contributed by atoms with Crippen LogP contribution in [0.4, 0.5) is 11.4 Å². The van der Waals surface area contributed by atoms with Crippen molar-refractivity contribution in [2.75, 3.05) is 23.4 Å². The van der Waals surface area contributed by atoms with Crippen molar-refractivity contribution in [3.8, 4) is 23.6 Å². The van der Waals surface area contributed by atoms with Crippen LogP contribution in [-0.4, -0.2) is 30.1 Å². The number of ether oxygens (including phenoxy) is 1. The van der Waals surface area contributed by atoms with Gasteiger partial charge in [-0.2, -0.15) is 10.5 Å². The summed E-state index contributed by atoms with van der Waals surface area (Å²) in [5.41, 5.74) is 5.62. The highest BCUT2D eigenvalue weighted by Crippen LogP contribution is 2.54. The van der Waals surface area contributed by atoms with E-state index in [0.29, 0.717) is 22.6 Å². The molecule has 8 heteroatoms. The summed E-state index contributed by atoms with van der Waals surface area (Å²) < 4.78 is 5.87. The number of aromatic hydroxyl groups is 1. The summed E-state index contributed by atoms with van der Waals surface area (Å²) in [6.45, 7) is 12.5. The quantitative estimate of drug-likeness (QED) is 0.155. The van der Waals surface area contributed by atoms with E-state index >= 15 is 0 Å². The third kappa shape index (κ3) is 7.40. The van der Waals surface area contributed by atoms with Crippen molar-refractivity contribution >= 4 is 23.2 Å². The summed E-state index contributed by atoms with van der Waals surface area (Å²) in [7, 11) is 0. The Morgan fingerprint density at radius 3 is 1.74 bits per heavy atom. The van der Waals surface area contributed by atoms with Crippen LogP contribution < -0.4 is 15.0 Å². The molecule has 0 saturated carbocycles. The van der Waals surface area contributed by atoms with Gasteiger partial charge in [0, 0.05) is 33.6 Å². The molecule has 308 valence electrons. The average Bonchev–Trinajstić information content (AvgIpc) is 3.68. The molecular formula is C53H52N4O4. The van der Waals surface area contributed by atoms with E-state index in [2.05, 4.69) is 52.9 Å². The first-order chi connectivity index (χ1) is 28.7. The van der Waals surface area contributed by atoms with Crippen molar-refractivity contribution in [2.24, 2.45) is 0 Å². The first-order valence-corrected chi connectivity index (χ1v) is 20.0. The van der Waals surface area contributed by atoms with Gasteiger partial charge in [-0.1, -0.05) is 158 Å². The molecule has 2 aliphatic heterocycles. The summed E-state index contributed by atoms with van der Waals surface area (Å²) in [5, 5.41) is 32.6. The highest BCUT2D eigenvalue weighted by atomic mass is 16.5. The van der Waals surface area contributed by atoms with Crippen LogP contribution in [0, 0.1) is 22.7 Å². The summed E-state index contributed by atoms with van der Waals surface area (Å²) in [4.78, 5) is 29.3. The second-order valence-corrected chi connectivity index (χ2v) is 17.2. The first kappa shape index (κ1) is 43.4. The number of nitrogens with zero attached hydrogens (tertiary/aromatic N) is 3. The van der Waals surface area contributed by atoms with Crippen molar-refractivity contribution in [1.82, 2.24) is 0 Å². The number of amides is 2. The molecule has 0 aromatic heterocycles. The number of carbonyl (C=O) groups is 2. The number of para-hydroxylation sites is 2. The van der Waals surface area contributed by atoms with Gasteiger partial charge in [0.2, 0.25) is 11.8 Å². The van der Waals surface area contributed by atoms with E-state index < -0.39 is 10.8 Å². The second-order valence-electron chi connectivity index (χ2n) is 17.2. The third-order valence-corrected chi connectivity index (χ3v) is 11.5. The third-order valence-electron chi connectivity index (χ3n) is 11.5. The Bertz CT molecular complexity index is 2670. The van der Waals surface area contributed by atoms with E-state index in [1.165, 1.54) is 0 Å². The van der Waals surface area contributed by atoms with Crippen molar-refractivity contribution in [3.63, 3.8) is 0 Å².